The van der Waals surface area contributed by atoms with Crippen LogP contribution in [0.3, 0.4) is 0 Å². The molecule has 2 saturated heterocycles. The zero-order valence-electron chi connectivity index (χ0n) is 20.4. The van der Waals surface area contributed by atoms with Crippen LogP contribution in [0.4, 0.5) is 4.39 Å². The van der Waals surface area contributed by atoms with Gasteiger partial charge in [0, 0.05) is 37.3 Å². The van der Waals surface area contributed by atoms with Gasteiger partial charge in [0.2, 0.25) is 0 Å². The number of ether oxygens (including phenoxy) is 2. The summed E-state index contributed by atoms with van der Waals surface area (Å²) >= 11 is 0. The molecular weight excluding hydrogens is 463 g/mol. The average molecular weight is 495 g/mol. The van der Waals surface area contributed by atoms with Crippen LogP contribution in [0, 0.1) is 12.7 Å². The Balaban J connectivity index is 1.69. The molecule has 0 saturated carbocycles. The van der Waals surface area contributed by atoms with Crippen LogP contribution in [-0.4, -0.2) is 72.6 Å². The Morgan fingerprint density at radius 3 is 2.64 bits per heavy atom. The standard InChI is InChI=1S/C28H31FN2O5/c1-3-15-36-20-9-10-21(19(2)18-20)26(32)24-25(22-7-4-5-8-23(22)29)31(28(34)27(24)33)12-6-11-30-13-16-35-17-14-30/h3-5,7-10,18,25,32H,1,6,11-17H2,2H3/b26-24+. The van der Waals surface area contributed by atoms with Crippen molar-refractivity contribution in [3.05, 3.63) is 83.2 Å². The molecule has 1 atom stereocenters. The number of morpholine rings is 1. The summed E-state index contributed by atoms with van der Waals surface area (Å²) in [5.74, 6) is -1.85. The molecule has 0 spiro atoms. The molecule has 190 valence electrons. The molecule has 1 amide bonds. The van der Waals surface area contributed by atoms with E-state index in [0.29, 0.717) is 43.1 Å². The number of aliphatic hydroxyl groups excluding tert-OH is 1. The molecule has 36 heavy (non-hydrogen) atoms. The molecule has 2 aliphatic rings. The molecule has 1 N–H and O–H groups in total. The third kappa shape index (κ3) is 5.34. The van der Waals surface area contributed by atoms with Crippen molar-refractivity contribution < 1.29 is 28.6 Å². The Kier molecular flexibility index (Phi) is 8.18. The van der Waals surface area contributed by atoms with E-state index in [1.165, 1.54) is 11.0 Å². The Hall–Kier alpha value is -3.49. The van der Waals surface area contributed by atoms with E-state index in [4.69, 9.17) is 9.47 Å². The first kappa shape index (κ1) is 25.6. The van der Waals surface area contributed by atoms with E-state index < -0.39 is 23.5 Å². The molecule has 2 fully saturated rings. The van der Waals surface area contributed by atoms with Gasteiger partial charge in [0.25, 0.3) is 11.7 Å². The summed E-state index contributed by atoms with van der Waals surface area (Å²) in [5, 5.41) is 11.3. The van der Waals surface area contributed by atoms with Crippen molar-refractivity contribution in [1.29, 1.82) is 0 Å². The van der Waals surface area contributed by atoms with Crippen molar-refractivity contribution in [2.24, 2.45) is 0 Å². The summed E-state index contributed by atoms with van der Waals surface area (Å²) in [6.45, 7) is 9.64. The summed E-state index contributed by atoms with van der Waals surface area (Å²) in [5.41, 5.74) is 1.10. The van der Waals surface area contributed by atoms with Gasteiger partial charge in [0.05, 0.1) is 24.8 Å². The lowest BCUT2D eigenvalue weighted by atomic mass is 9.93. The number of aryl methyl sites for hydroxylation is 1. The molecule has 2 aromatic carbocycles. The number of likely N-dealkylation sites (tertiary alicyclic amines) is 1. The number of carbonyl (C=O) groups is 2. The van der Waals surface area contributed by atoms with Crippen molar-refractivity contribution >= 4 is 17.4 Å². The van der Waals surface area contributed by atoms with E-state index in [0.717, 1.165) is 19.6 Å². The Morgan fingerprint density at radius 2 is 1.94 bits per heavy atom. The van der Waals surface area contributed by atoms with E-state index in [1.807, 2.05) is 0 Å². The summed E-state index contributed by atoms with van der Waals surface area (Å²) in [6.07, 6.45) is 2.23. The maximum Gasteiger partial charge on any atom is 0.295 e. The van der Waals surface area contributed by atoms with Crippen LogP contribution in [0.1, 0.15) is 29.2 Å². The van der Waals surface area contributed by atoms with Crippen molar-refractivity contribution in [3.63, 3.8) is 0 Å². The zero-order chi connectivity index (χ0) is 25.7. The first-order valence-corrected chi connectivity index (χ1v) is 12.1. The molecule has 1 unspecified atom stereocenters. The largest absolute Gasteiger partial charge is 0.507 e. The highest BCUT2D eigenvalue weighted by atomic mass is 19.1. The van der Waals surface area contributed by atoms with E-state index in [9.17, 15) is 19.1 Å². The summed E-state index contributed by atoms with van der Waals surface area (Å²) < 4.78 is 25.9. The Labute approximate surface area is 210 Å². The number of aliphatic hydroxyl groups is 1. The van der Waals surface area contributed by atoms with Crippen LogP contribution in [0.25, 0.3) is 5.76 Å². The molecule has 2 aromatic rings. The number of ketones is 1. The predicted octanol–water partition coefficient (Wildman–Crippen LogP) is 3.84. The van der Waals surface area contributed by atoms with Gasteiger partial charge in [-0.05, 0) is 43.2 Å². The zero-order valence-corrected chi connectivity index (χ0v) is 20.4. The minimum atomic E-state index is -1.02. The Bertz CT molecular complexity index is 1170. The second-order valence-corrected chi connectivity index (χ2v) is 8.90. The fourth-order valence-electron chi connectivity index (χ4n) is 4.71. The first-order chi connectivity index (χ1) is 17.4. The molecule has 0 bridgehead atoms. The van der Waals surface area contributed by atoms with Gasteiger partial charge in [-0.3, -0.25) is 14.5 Å². The normalized spacial score (nSPS) is 20.1. The van der Waals surface area contributed by atoms with Gasteiger partial charge in [-0.15, -0.1) is 0 Å². The van der Waals surface area contributed by atoms with E-state index >= 15 is 0 Å². The number of amides is 1. The van der Waals surface area contributed by atoms with Crippen LogP contribution >= 0.6 is 0 Å². The van der Waals surface area contributed by atoms with Gasteiger partial charge in [0.15, 0.2) is 0 Å². The molecule has 0 aliphatic carbocycles. The predicted molar refractivity (Wildman–Crippen MR) is 134 cm³/mol. The minimum absolute atomic E-state index is 0.112. The fourth-order valence-corrected chi connectivity index (χ4v) is 4.71. The Morgan fingerprint density at radius 1 is 1.19 bits per heavy atom. The minimum Gasteiger partial charge on any atom is -0.507 e. The molecule has 7 nitrogen and oxygen atoms in total. The van der Waals surface area contributed by atoms with Crippen LogP contribution < -0.4 is 4.74 Å². The highest BCUT2D eigenvalue weighted by Gasteiger charge is 2.46. The van der Waals surface area contributed by atoms with Crippen molar-refractivity contribution in [2.75, 3.05) is 46.0 Å². The van der Waals surface area contributed by atoms with Gasteiger partial charge in [-0.2, -0.15) is 0 Å². The number of halogens is 1. The summed E-state index contributed by atoms with van der Waals surface area (Å²) in [7, 11) is 0. The molecular formula is C28H31FN2O5. The molecule has 8 heteroatoms. The number of Topliss-reactive ketones (excluding diaryl/α,β-unsaturated/α-hetero) is 1. The van der Waals surface area contributed by atoms with Crippen LogP contribution in [0.2, 0.25) is 0 Å². The van der Waals surface area contributed by atoms with Crippen LogP contribution in [0.5, 0.6) is 5.75 Å². The number of hydrogen-bond donors (Lipinski definition) is 1. The summed E-state index contributed by atoms with van der Waals surface area (Å²) in [6, 6.07) is 10.1. The van der Waals surface area contributed by atoms with E-state index in [-0.39, 0.29) is 23.4 Å². The number of hydrogen-bond acceptors (Lipinski definition) is 6. The average Bonchev–Trinajstić information content (AvgIpc) is 3.13. The highest BCUT2D eigenvalue weighted by Crippen LogP contribution is 2.41. The number of nitrogens with zero attached hydrogens (tertiary/aromatic N) is 2. The molecule has 0 radical (unpaired) electrons. The number of carbonyl (C=O) groups excluding carboxylic acids is 2. The van der Waals surface area contributed by atoms with Gasteiger partial charge >= 0.3 is 0 Å². The number of rotatable bonds is 9. The van der Waals surface area contributed by atoms with Crippen LogP contribution in [0.15, 0.2) is 60.7 Å². The maximum atomic E-state index is 15.0. The SMILES string of the molecule is C=CCOc1ccc(/C(O)=C2\C(=O)C(=O)N(CCCN3CCOCC3)C2c2ccccc2F)c(C)c1. The molecule has 4 rings (SSSR count). The summed E-state index contributed by atoms with van der Waals surface area (Å²) in [4.78, 5) is 30.0. The van der Waals surface area contributed by atoms with Crippen molar-refractivity contribution in [2.45, 2.75) is 19.4 Å². The smallest absolute Gasteiger partial charge is 0.295 e. The van der Waals surface area contributed by atoms with Crippen molar-refractivity contribution in [1.82, 2.24) is 9.80 Å². The van der Waals surface area contributed by atoms with Crippen LogP contribution in [-0.2, 0) is 14.3 Å². The third-order valence-electron chi connectivity index (χ3n) is 6.54. The lowest BCUT2D eigenvalue weighted by Crippen LogP contribution is -2.39. The quantitative estimate of drug-likeness (QED) is 0.247. The topological polar surface area (TPSA) is 79.3 Å². The lowest BCUT2D eigenvalue weighted by molar-refractivity contribution is -0.140. The first-order valence-electron chi connectivity index (χ1n) is 12.1. The highest BCUT2D eigenvalue weighted by molar-refractivity contribution is 6.46. The molecule has 2 heterocycles. The number of benzene rings is 2. The monoisotopic (exact) mass is 494 g/mol. The lowest BCUT2D eigenvalue weighted by Gasteiger charge is -2.29. The van der Waals surface area contributed by atoms with Gasteiger partial charge in [-0.25, -0.2) is 4.39 Å². The van der Waals surface area contributed by atoms with Gasteiger partial charge in [-0.1, -0.05) is 30.9 Å². The molecule has 2 aliphatic heterocycles. The van der Waals surface area contributed by atoms with Gasteiger partial charge < -0.3 is 19.5 Å². The third-order valence-corrected chi connectivity index (χ3v) is 6.54. The van der Waals surface area contributed by atoms with E-state index in [1.54, 1.807) is 49.4 Å². The fraction of sp³-hybridized carbons (Fsp3) is 0.357. The second kappa shape index (κ2) is 11.5. The molecule has 0 aromatic heterocycles. The van der Waals surface area contributed by atoms with E-state index in [2.05, 4.69) is 11.5 Å². The van der Waals surface area contributed by atoms with Crippen molar-refractivity contribution in [3.8, 4) is 5.75 Å². The van der Waals surface area contributed by atoms with Gasteiger partial charge in [0.1, 0.15) is 23.9 Å². The maximum absolute atomic E-state index is 15.0. The second-order valence-electron chi connectivity index (χ2n) is 8.90.